The Kier molecular flexibility index (Phi) is 20.6. The van der Waals surface area contributed by atoms with E-state index >= 15 is 0 Å². The number of ether oxygens (including phenoxy) is 12. The fourth-order valence-corrected chi connectivity index (χ4v) is 18.1. The Labute approximate surface area is 521 Å². The van der Waals surface area contributed by atoms with Gasteiger partial charge in [-0.3, -0.25) is 4.79 Å². The van der Waals surface area contributed by atoms with E-state index in [0.29, 0.717) is 44.9 Å². The van der Waals surface area contributed by atoms with Gasteiger partial charge in [-0.2, -0.15) is 0 Å². The van der Waals surface area contributed by atoms with E-state index in [1.807, 2.05) is 13.8 Å². The monoisotopic (exact) mass is 1290 g/mol. The zero-order valence-corrected chi connectivity index (χ0v) is 52.4. The number of fused-ring (bicyclic) bond motifs is 7. The Morgan fingerprint density at radius 2 is 1.09 bits per heavy atom. The quantitative estimate of drug-likeness (QED) is 0.0425. The minimum Gasteiger partial charge on any atom is -0.469 e. The Bertz CT molecular complexity index is 2550. The van der Waals surface area contributed by atoms with Gasteiger partial charge >= 0.3 is 11.9 Å². The van der Waals surface area contributed by atoms with Gasteiger partial charge in [0.15, 0.2) is 37.6 Å². The van der Waals surface area contributed by atoms with Gasteiger partial charge in [0, 0.05) is 10.8 Å². The van der Waals surface area contributed by atoms with Gasteiger partial charge in [-0.25, -0.2) is 4.79 Å². The molecule has 10 rings (SSSR count). The number of hydrogen-bond donors (Lipinski definition) is 15. The average Bonchev–Trinajstić information content (AvgIpc) is 0.677. The van der Waals surface area contributed by atoms with Crippen LogP contribution in [-0.2, 0) is 66.4 Å². The fraction of sp³-hybridized carbons (Fsp3) is 0.934. The molecule has 0 radical (unpaired) electrons. The second-order valence-electron chi connectivity index (χ2n) is 28.8. The van der Waals surface area contributed by atoms with Gasteiger partial charge in [-0.05, 0) is 106 Å². The third-order valence-electron chi connectivity index (χ3n) is 24.0. The first-order chi connectivity index (χ1) is 42.3. The number of allylic oxidation sites excluding steroid dienone is 2. The summed E-state index contributed by atoms with van der Waals surface area (Å²) in [4.78, 5) is 27.4. The highest BCUT2D eigenvalue weighted by Crippen LogP contribution is 2.76. The van der Waals surface area contributed by atoms with Crippen LogP contribution in [0.25, 0.3) is 0 Å². The van der Waals surface area contributed by atoms with Crippen LogP contribution in [0.2, 0.25) is 0 Å². The fourth-order valence-electron chi connectivity index (χ4n) is 18.1. The number of carbonyl (C=O) groups excluding carboxylic acids is 2. The topological polar surface area (TPSA) is 448 Å². The summed E-state index contributed by atoms with van der Waals surface area (Å²) in [5.41, 5.74) is -3.07. The van der Waals surface area contributed by atoms with E-state index in [0.717, 1.165) is 12.7 Å². The molecule has 90 heavy (non-hydrogen) atoms. The molecule has 516 valence electrons. The van der Waals surface area contributed by atoms with Crippen LogP contribution >= 0.6 is 0 Å². The molecule has 5 aliphatic heterocycles. The van der Waals surface area contributed by atoms with Gasteiger partial charge < -0.3 is 133 Å². The van der Waals surface area contributed by atoms with Gasteiger partial charge in [0.25, 0.3) is 0 Å². The number of methoxy groups -OCH3 is 2. The van der Waals surface area contributed by atoms with E-state index in [9.17, 15) is 86.2 Å². The minimum atomic E-state index is -2.04. The molecule has 5 heterocycles. The molecule has 0 amide bonds. The van der Waals surface area contributed by atoms with Crippen molar-refractivity contribution in [2.75, 3.05) is 40.6 Å². The first kappa shape index (κ1) is 70.5. The summed E-state index contributed by atoms with van der Waals surface area (Å²) in [7, 11) is 2.38. The first-order valence-corrected chi connectivity index (χ1v) is 31.6. The van der Waals surface area contributed by atoms with Gasteiger partial charge in [0.1, 0.15) is 104 Å². The lowest BCUT2D eigenvalue weighted by Gasteiger charge is -2.72. The van der Waals surface area contributed by atoms with Crippen LogP contribution in [0.15, 0.2) is 11.6 Å². The maximum atomic E-state index is 14.1. The lowest BCUT2D eigenvalue weighted by Crippen LogP contribution is -2.68. The highest BCUT2D eigenvalue weighted by Gasteiger charge is 2.71. The van der Waals surface area contributed by atoms with E-state index in [1.165, 1.54) is 14.0 Å². The van der Waals surface area contributed by atoms with E-state index in [2.05, 4.69) is 33.8 Å². The molecule has 5 aliphatic carbocycles. The van der Waals surface area contributed by atoms with Crippen molar-refractivity contribution in [2.24, 2.45) is 50.2 Å². The minimum absolute atomic E-state index is 0.00327. The Morgan fingerprint density at radius 1 is 0.533 bits per heavy atom. The number of hydrogen-bond acceptors (Lipinski definition) is 29. The van der Waals surface area contributed by atoms with Crippen LogP contribution in [0.4, 0.5) is 0 Å². The SMILES string of the molecule is COC(=O)[C@H]1O[C@@H](O[C@H]2CC[C@@]3(C)[C@@H](CC[C@]4(C)[C@@H]3CC=C3[C@@H]5C[C@](C)(C(=O)OC)C[C@@H](O[C@@H]6OC[C@H](O)[C@H](O)[C@H]6O[C@@H]6O[C@H](CO)[C@@H](O)[C@H](O)[C@H]6O)[C@]5(C)CC[C@]34C)[C@@]2(C)CO)[C@H](O[C@@H]2O[C@H](CO)[C@H](O)[C@H](O)[C@H]2O[C@@H]2O[C@@H](C)[C@H](O)[C@@H](O)[C@H]2O)[C@@H](O)[C@@H]1O. The van der Waals surface area contributed by atoms with E-state index in [-0.39, 0.29) is 37.2 Å². The number of aliphatic hydroxyl groups is 15. The van der Waals surface area contributed by atoms with E-state index in [4.69, 9.17) is 56.8 Å². The molecular formula is C61H98O29. The molecule has 0 aromatic carbocycles. The van der Waals surface area contributed by atoms with Crippen molar-refractivity contribution in [1.29, 1.82) is 0 Å². The Hall–Kier alpha value is -2.32. The highest BCUT2D eigenvalue weighted by atomic mass is 16.8. The lowest BCUT2D eigenvalue weighted by molar-refractivity contribution is -0.396. The second kappa shape index (κ2) is 26.3. The van der Waals surface area contributed by atoms with Crippen molar-refractivity contribution in [3.8, 4) is 0 Å². The number of rotatable bonds is 15. The summed E-state index contributed by atoms with van der Waals surface area (Å²) in [6.07, 6.45) is -36.0. The molecule has 29 heteroatoms. The maximum absolute atomic E-state index is 14.1. The Morgan fingerprint density at radius 3 is 1.70 bits per heavy atom. The van der Waals surface area contributed by atoms with Gasteiger partial charge in [0.2, 0.25) is 0 Å². The summed E-state index contributed by atoms with van der Waals surface area (Å²) in [6.45, 7) is 11.7. The smallest absolute Gasteiger partial charge is 0.337 e. The van der Waals surface area contributed by atoms with Crippen molar-refractivity contribution >= 4 is 11.9 Å². The van der Waals surface area contributed by atoms with Crippen molar-refractivity contribution < 1.29 is 143 Å². The molecule has 0 aromatic rings. The van der Waals surface area contributed by atoms with Crippen molar-refractivity contribution in [3.05, 3.63) is 11.6 Å². The summed E-state index contributed by atoms with van der Waals surface area (Å²) in [6, 6.07) is 0. The van der Waals surface area contributed by atoms with Crippen LogP contribution < -0.4 is 0 Å². The van der Waals surface area contributed by atoms with Gasteiger partial charge in [0.05, 0.1) is 64.4 Å². The predicted molar refractivity (Wildman–Crippen MR) is 301 cm³/mol. The van der Waals surface area contributed by atoms with Crippen molar-refractivity contribution in [3.63, 3.8) is 0 Å². The highest BCUT2D eigenvalue weighted by molar-refractivity contribution is 5.77. The molecule has 15 N–H and O–H groups in total. The third-order valence-corrected chi connectivity index (χ3v) is 24.0. The molecule has 29 nitrogen and oxygen atoms in total. The second-order valence-corrected chi connectivity index (χ2v) is 28.8. The van der Waals surface area contributed by atoms with Crippen molar-refractivity contribution in [2.45, 2.75) is 266 Å². The van der Waals surface area contributed by atoms with Crippen LogP contribution in [0.1, 0.15) is 106 Å². The lowest BCUT2D eigenvalue weighted by atomic mass is 9.33. The first-order valence-electron chi connectivity index (χ1n) is 31.6. The zero-order chi connectivity index (χ0) is 65.9. The van der Waals surface area contributed by atoms with Crippen molar-refractivity contribution in [1.82, 2.24) is 0 Å². The number of esters is 2. The normalized spacial score (nSPS) is 54.7. The largest absolute Gasteiger partial charge is 0.469 e. The molecule has 4 saturated carbocycles. The molecule has 5 saturated heterocycles. The molecule has 10 aliphatic rings. The molecular weight excluding hydrogens is 1200 g/mol. The van der Waals surface area contributed by atoms with E-state index < -0.39 is 224 Å². The Balaban J connectivity index is 0.924. The summed E-state index contributed by atoms with van der Waals surface area (Å²) >= 11 is 0. The van der Waals surface area contributed by atoms with Gasteiger partial charge in [-0.1, -0.05) is 46.3 Å². The van der Waals surface area contributed by atoms with Crippen LogP contribution in [0, 0.1) is 50.2 Å². The molecule has 0 bridgehead atoms. The molecule has 9 fully saturated rings. The van der Waals surface area contributed by atoms with E-state index in [1.54, 1.807) is 0 Å². The predicted octanol–water partition coefficient (Wildman–Crippen LogP) is -3.77. The number of carbonyl (C=O) groups is 2. The van der Waals surface area contributed by atoms with Crippen LogP contribution in [0.5, 0.6) is 0 Å². The number of aliphatic hydroxyl groups excluding tert-OH is 15. The average molecular weight is 1300 g/mol. The zero-order valence-electron chi connectivity index (χ0n) is 52.4. The standard InChI is InChI=1S/C61H98O29/c1-24-34(66)38(70)43(75)50(82-24)89-47-40(72)37(69)29(21-63)84-53(47)90-48-42(74)41(73)45(49(77)79-8)87-54(48)85-32-13-14-58(4)30(59(32,5)23-64)12-15-61(7)31(58)11-10-25-26-18-56(2,55(78)80-9)19-33(57(26,3)16-17-60(25,61)6)86-52-46(35(67)27(65)22-81-52)88-51-44(76)39(71)36(68)28(20-62)83-51/h10,24,26-48,50-54,62-76H,11-23H2,1-9H3/t24-,26-,27-,28+,29+,30+,31+,32-,33+,34-,35-,36+,37-,38+,39-,40-,41-,42-,43+,44+,45-,46+,47+,48+,50-,51-,52-,53-,54+,56-,57+,58-,59+,60+,61+/m0/s1. The van der Waals surface area contributed by atoms with Crippen LogP contribution in [0.3, 0.4) is 0 Å². The molecule has 0 aromatic heterocycles. The maximum Gasteiger partial charge on any atom is 0.337 e. The molecule has 0 unspecified atom stereocenters. The van der Waals surface area contributed by atoms with Crippen LogP contribution in [-0.4, -0.2) is 289 Å². The van der Waals surface area contributed by atoms with Gasteiger partial charge in [-0.15, -0.1) is 0 Å². The third kappa shape index (κ3) is 11.5. The summed E-state index contributed by atoms with van der Waals surface area (Å²) in [5.74, 6) is -2.06. The summed E-state index contributed by atoms with van der Waals surface area (Å²) in [5, 5.41) is 164. The molecule has 0 spiro atoms. The summed E-state index contributed by atoms with van der Waals surface area (Å²) < 4.78 is 72.1. The molecule has 35 atom stereocenters.